The number of nitrogen functional groups attached to an aromatic ring is 1. The smallest absolute Gasteiger partial charge is 0.398 e. The number of benzene rings is 1. The van der Waals surface area contributed by atoms with Crippen LogP contribution < -0.4 is 5.73 Å². The molecule has 142 valence electrons. The van der Waals surface area contributed by atoms with Crippen molar-refractivity contribution in [1.82, 2.24) is 0 Å². The number of halogens is 7. The number of anilines is 1. The Morgan fingerprint density at radius 1 is 1.00 bits per heavy atom. The van der Waals surface area contributed by atoms with Gasteiger partial charge in [0.1, 0.15) is 0 Å². The third kappa shape index (κ3) is 4.80. The first kappa shape index (κ1) is 21.6. The molecule has 0 fully saturated rings. The Labute approximate surface area is 143 Å². The first-order valence-corrected chi connectivity index (χ1v) is 7.74. The van der Waals surface area contributed by atoms with E-state index in [9.17, 15) is 35.5 Å². The van der Waals surface area contributed by atoms with Crippen LogP contribution in [-0.4, -0.2) is 22.2 Å². The van der Waals surface area contributed by atoms with Gasteiger partial charge in [-0.25, -0.2) is 4.39 Å². The fraction of sp³-hybridized carbons (Fsp3) is 0.533. The van der Waals surface area contributed by atoms with Gasteiger partial charge < -0.3 is 5.73 Å². The molecule has 0 atom stereocenters. The monoisotopic (exact) mass is 391 g/mol. The lowest BCUT2D eigenvalue weighted by molar-refractivity contribution is -0.348. The molecule has 0 heterocycles. The number of hydrogen-bond donors (Lipinski definition) is 1. The number of carbonyl (C=O) groups is 1. The van der Waals surface area contributed by atoms with Crippen LogP contribution in [0.15, 0.2) is 18.2 Å². The summed E-state index contributed by atoms with van der Waals surface area (Å²) in [4.78, 5) is 11.9. The van der Waals surface area contributed by atoms with E-state index in [1.807, 2.05) is 0 Å². The van der Waals surface area contributed by atoms with Crippen LogP contribution in [0.3, 0.4) is 0 Å². The zero-order valence-corrected chi connectivity index (χ0v) is 14.3. The van der Waals surface area contributed by atoms with E-state index >= 15 is 0 Å². The van der Waals surface area contributed by atoms with Gasteiger partial charge in [0.2, 0.25) is 0 Å². The lowest BCUT2D eigenvalue weighted by Gasteiger charge is -2.30. The SMILES string of the molecule is CC(C)(C)SC(=O)Cc1cc(C(F)(C(F)(F)F)C(F)(F)F)ccc1N. The second-order valence-electron chi connectivity index (χ2n) is 6.33. The summed E-state index contributed by atoms with van der Waals surface area (Å²) in [6.45, 7) is 5.11. The number of nitrogens with two attached hydrogens (primary N) is 1. The first-order valence-electron chi connectivity index (χ1n) is 6.92. The minimum Gasteiger partial charge on any atom is -0.398 e. The summed E-state index contributed by atoms with van der Waals surface area (Å²) in [6.07, 6.45) is -13.0. The highest BCUT2D eigenvalue weighted by Crippen LogP contribution is 2.53. The molecular formula is C15H16F7NOS. The second-order valence-corrected chi connectivity index (χ2v) is 8.22. The number of alkyl halides is 7. The molecule has 2 nitrogen and oxygen atoms in total. The Morgan fingerprint density at radius 3 is 1.88 bits per heavy atom. The molecule has 0 aliphatic rings. The van der Waals surface area contributed by atoms with Crippen molar-refractivity contribution in [3.8, 4) is 0 Å². The molecule has 0 amide bonds. The molecule has 2 N–H and O–H groups in total. The molecule has 10 heteroatoms. The summed E-state index contributed by atoms with van der Waals surface area (Å²) in [7, 11) is 0. The fourth-order valence-electron chi connectivity index (χ4n) is 1.99. The van der Waals surface area contributed by atoms with Crippen molar-refractivity contribution in [2.45, 2.75) is 50.0 Å². The van der Waals surface area contributed by atoms with Crippen molar-refractivity contribution in [2.24, 2.45) is 0 Å². The van der Waals surface area contributed by atoms with Crippen LogP contribution in [0.4, 0.5) is 36.4 Å². The van der Waals surface area contributed by atoms with Gasteiger partial charge >= 0.3 is 18.0 Å². The molecule has 25 heavy (non-hydrogen) atoms. The summed E-state index contributed by atoms with van der Waals surface area (Å²) in [5.74, 6) is 0. The molecular weight excluding hydrogens is 375 g/mol. The van der Waals surface area contributed by atoms with Gasteiger partial charge in [0, 0.05) is 22.4 Å². The van der Waals surface area contributed by atoms with Crippen molar-refractivity contribution in [1.29, 1.82) is 0 Å². The van der Waals surface area contributed by atoms with E-state index in [0.717, 1.165) is 17.8 Å². The summed E-state index contributed by atoms with van der Waals surface area (Å²) in [6, 6.07) is 1.39. The van der Waals surface area contributed by atoms with Crippen molar-refractivity contribution < 1.29 is 35.5 Å². The van der Waals surface area contributed by atoms with E-state index in [1.165, 1.54) is 0 Å². The topological polar surface area (TPSA) is 43.1 Å². The molecule has 0 unspecified atom stereocenters. The molecule has 0 bridgehead atoms. The van der Waals surface area contributed by atoms with E-state index in [-0.39, 0.29) is 11.3 Å². The van der Waals surface area contributed by atoms with Gasteiger partial charge in [-0.05, 0) is 17.7 Å². The molecule has 0 saturated heterocycles. The third-order valence-electron chi connectivity index (χ3n) is 3.08. The lowest BCUT2D eigenvalue weighted by Crippen LogP contribution is -2.50. The number of carbonyl (C=O) groups excluding carboxylic acids is 1. The molecule has 1 aromatic carbocycles. The number of thioether (sulfide) groups is 1. The Hall–Kier alpha value is -1.45. The highest BCUT2D eigenvalue weighted by molar-refractivity contribution is 8.14. The molecule has 0 aromatic heterocycles. The van der Waals surface area contributed by atoms with E-state index in [1.54, 1.807) is 20.8 Å². The second kappa shape index (κ2) is 6.69. The van der Waals surface area contributed by atoms with Gasteiger partial charge in [-0.3, -0.25) is 4.79 Å². The van der Waals surface area contributed by atoms with Gasteiger partial charge in [0.15, 0.2) is 5.12 Å². The van der Waals surface area contributed by atoms with Crippen molar-refractivity contribution >= 4 is 22.6 Å². The summed E-state index contributed by atoms with van der Waals surface area (Å²) in [5, 5.41) is -0.514. The van der Waals surface area contributed by atoms with E-state index in [2.05, 4.69) is 0 Å². The Balaban J connectivity index is 3.34. The van der Waals surface area contributed by atoms with E-state index < -0.39 is 39.9 Å². The number of hydrogen-bond acceptors (Lipinski definition) is 3. The molecule has 0 saturated carbocycles. The Kier molecular flexibility index (Phi) is 5.78. The Morgan fingerprint density at radius 2 is 1.48 bits per heavy atom. The largest absolute Gasteiger partial charge is 0.435 e. The molecule has 0 aliphatic carbocycles. The zero-order valence-electron chi connectivity index (χ0n) is 13.5. The maximum absolute atomic E-state index is 14.1. The van der Waals surface area contributed by atoms with Crippen LogP contribution >= 0.6 is 11.8 Å². The van der Waals surface area contributed by atoms with E-state index in [4.69, 9.17) is 5.73 Å². The maximum Gasteiger partial charge on any atom is 0.435 e. The van der Waals surface area contributed by atoms with Crippen LogP contribution in [-0.2, 0) is 16.9 Å². The van der Waals surface area contributed by atoms with Crippen LogP contribution in [0.25, 0.3) is 0 Å². The highest BCUT2D eigenvalue weighted by atomic mass is 32.2. The maximum atomic E-state index is 14.1. The summed E-state index contributed by atoms with van der Waals surface area (Å²) >= 11 is 0.852. The predicted octanol–water partition coefficient (Wildman–Crippen LogP) is 5.16. The van der Waals surface area contributed by atoms with Crippen molar-refractivity contribution in [2.75, 3.05) is 5.73 Å². The molecule has 1 aromatic rings. The van der Waals surface area contributed by atoms with Gasteiger partial charge in [0.25, 0.3) is 0 Å². The van der Waals surface area contributed by atoms with Crippen molar-refractivity contribution in [3.05, 3.63) is 29.3 Å². The molecule has 0 radical (unpaired) electrons. The minimum atomic E-state index is -6.22. The molecule has 1 rings (SSSR count). The van der Waals surface area contributed by atoms with Crippen LogP contribution in [0.5, 0.6) is 0 Å². The third-order valence-corrected chi connectivity index (χ3v) is 4.06. The van der Waals surface area contributed by atoms with Gasteiger partial charge in [-0.15, -0.1) is 0 Å². The van der Waals surface area contributed by atoms with Crippen molar-refractivity contribution in [3.63, 3.8) is 0 Å². The van der Waals surface area contributed by atoms with Gasteiger partial charge in [-0.1, -0.05) is 38.6 Å². The van der Waals surface area contributed by atoms with E-state index in [0.29, 0.717) is 12.1 Å². The standard InChI is InChI=1S/C15H16F7NOS/c1-12(2,3)25-11(24)7-8-6-9(4-5-10(8)23)13(16,14(17,18)19)15(20,21)22/h4-6H,7,23H2,1-3H3. The molecule has 0 aliphatic heterocycles. The fourth-order valence-corrected chi connectivity index (χ4v) is 2.90. The van der Waals surface area contributed by atoms with Crippen LogP contribution in [0.1, 0.15) is 31.9 Å². The number of rotatable bonds is 3. The quantitative estimate of drug-likeness (QED) is 0.572. The average molecular weight is 391 g/mol. The van der Waals surface area contributed by atoms with Gasteiger partial charge in [-0.2, -0.15) is 26.3 Å². The Bertz CT molecular complexity index is 633. The highest BCUT2D eigenvalue weighted by Gasteiger charge is 2.73. The zero-order chi connectivity index (χ0) is 19.8. The van der Waals surface area contributed by atoms with Gasteiger partial charge in [0.05, 0.1) is 0 Å². The lowest BCUT2D eigenvalue weighted by atomic mass is 9.91. The summed E-state index contributed by atoms with van der Waals surface area (Å²) in [5.41, 5.74) is -2.19. The first-order chi connectivity index (χ1) is 11.0. The minimum absolute atomic E-state index is 0.196. The predicted molar refractivity (Wildman–Crippen MR) is 81.8 cm³/mol. The molecule has 0 spiro atoms. The summed E-state index contributed by atoms with van der Waals surface area (Å²) < 4.78 is 90.4. The van der Waals surface area contributed by atoms with Crippen LogP contribution in [0.2, 0.25) is 0 Å². The normalized spacial score (nSPS) is 13.8. The average Bonchev–Trinajstić information content (AvgIpc) is 2.35. The van der Waals surface area contributed by atoms with Crippen LogP contribution in [0, 0.1) is 0 Å².